The summed E-state index contributed by atoms with van der Waals surface area (Å²) in [6.07, 6.45) is 8.31. The number of aryl methyl sites for hydroxylation is 1. The summed E-state index contributed by atoms with van der Waals surface area (Å²) < 4.78 is 15.3. The SMILES string of the molecule is O=C(N[C@H]1CCc2nccn2C1)C1(c2ccc(F)cc2)CCC1. The molecule has 1 fully saturated rings. The average molecular weight is 313 g/mol. The predicted molar refractivity (Wildman–Crippen MR) is 84.4 cm³/mol. The fraction of sp³-hybridized carbons (Fsp3) is 0.444. The Morgan fingerprint density at radius 3 is 2.78 bits per heavy atom. The van der Waals surface area contributed by atoms with Crippen LogP contribution in [0.2, 0.25) is 0 Å². The number of carbonyl (C=O) groups is 1. The number of carbonyl (C=O) groups excluding carboxylic acids is 1. The fourth-order valence-corrected chi connectivity index (χ4v) is 3.75. The van der Waals surface area contributed by atoms with Gasteiger partial charge in [-0.2, -0.15) is 0 Å². The van der Waals surface area contributed by atoms with Gasteiger partial charge in [0.15, 0.2) is 0 Å². The molecule has 2 heterocycles. The molecule has 1 aliphatic carbocycles. The third-order valence-corrected chi connectivity index (χ3v) is 5.31. The first-order valence-corrected chi connectivity index (χ1v) is 8.24. The van der Waals surface area contributed by atoms with Gasteiger partial charge < -0.3 is 9.88 Å². The Bertz CT molecular complexity index is 718. The highest BCUT2D eigenvalue weighted by atomic mass is 19.1. The van der Waals surface area contributed by atoms with E-state index in [-0.39, 0.29) is 17.8 Å². The highest BCUT2D eigenvalue weighted by molar-refractivity contribution is 5.89. The van der Waals surface area contributed by atoms with Gasteiger partial charge in [0.25, 0.3) is 0 Å². The number of aromatic nitrogens is 2. The van der Waals surface area contributed by atoms with Gasteiger partial charge in [-0.05, 0) is 37.0 Å². The number of amides is 1. The Kier molecular flexibility index (Phi) is 3.43. The molecular formula is C18H20FN3O. The molecular weight excluding hydrogens is 293 g/mol. The number of benzene rings is 1. The number of imidazole rings is 1. The van der Waals surface area contributed by atoms with Crippen molar-refractivity contribution in [2.75, 3.05) is 0 Å². The molecule has 1 N–H and O–H groups in total. The second-order valence-corrected chi connectivity index (χ2v) is 6.65. The molecule has 1 aromatic carbocycles. The van der Waals surface area contributed by atoms with Crippen molar-refractivity contribution in [3.8, 4) is 0 Å². The summed E-state index contributed by atoms with van der Waals surface area (Å²) in [6, 6.07) is 6.54. The van der Waals surface area contributed by atoms with Gasteiger partial charge in [0.1, 0.15) is 11.6 Å². The minimum atomic E-state index is -0.469. The van der Waals surface area contributed by atoms with E-state index >= 15 is 0 Å². The van der Waals surface area contributed by atoms with Gasteiger partial charge in [-0.1, -0.05) is 18.6 Å². The lowest BCUT2D eigenvalue weighted by Gasteiger charge is -2.42. The quantitative estimate of drug-likeness (QED) is 0.947. The molecule has 1 saturated carbocycles. The molecule has 1 aliphatic heterocycles. The molecule has 23 heavy (non-hydrogen) atoms. The largest absolute Gasteiger partial charge is 0.351 e. The average Bonchev–Trinajstić information content (AvgIpc) is 2.95. The van der Waals surface area contributed by atoms with Crippen LogP contribution in [-0.2, 0) is 23.2 Å². The van der Waals surface area contributed by atoms with Crippen molar-refractivity contribution < 1.29 is 9.18 Å². The third-order valence-electron chi connectivity index (χ3n) is 5.31. The molecule has 4 nitrogen and oxygen atoms in total. The van der Waals surface area contributed by atoms with Gasteiger partial charge in [0.2, 0.25) is 5.91 Å². The molecule has 120 valence electrons. The van der Waals surface area contributed by atoms with Crippen molar-refractivity contribution in [1.82, 2.24) is 14.9 Å². The summed E-state index contributed by atoms with van der Waals surface area (Å²) >= 11 is 0. The highest BCUT2D eigenvalue weighted by Crippen LogP contribution is 2.44. The first-order valence-electron chi connectivity index (χ1n) is 8.24. The molecule has 0 saturated heterocycles. The minimum Gasteiger partial charge on any atom is -0.351 e. The van der Waals surface area contributed by atoms with E-state index in [2.05, 4.69) is 14.9 Å². The molecule has 0 spiro atoms. The molecule has 1 amide bonds. The monoisotopic (exact) mass is 313 g/mol. The Morgan fingerprint density at radius 1 is 1.30 bits per heavy atom. The summed E-state index contributed by atoms with van der Waals surface area (Å²) in [6.45, 7) is 0.778. The van der Waals surface area contributed by atoms with Crippen LogP contribution < -0.4 is 5.32 Å². The van der Waals surface area contributed by atoms with Crippen LogP contribution in [0.25, 0.3) is 0 Å². The van der Waals surface area contributed by atoms with Crippen LogP contribution in [0.15, 0.2) is 36.7 Å². The molecule has 0 radical (unpaired) electrons. The molecule has 4 rings (SSSR count). The van der Waals surface area contributed by atoms with Crippen LogP contribution in [0.5, 0.6) is 0 Å². The summed E-state index contributed by atoms with van der Waals surface area (Å²) in [4.78, 5) is 17.2. The first-order chi connectivity index (χ1) is 11.2. The van der Waals surface area contributed by atoms with Crippen LogP contribution >= 0.6 is 0 Å². The zero-order chi connectivity index (χ0) is 15.9. The first kappa shape index (κ1) is 14.4. The van der Waals surface area contributed by atoms with Crippen molar-refractivity contribution in [3.63, 3.8) is 0 Å². The van der Waals surface area contributed by atoms with Gasteiger partial charge >= 0.3 is 0 Å². The Hall–Kier alpha value is -2.17. The predicted octanol–water partition coefficient (Wildman–Crippen LogP) is 2.58. The number of rotatable bonds is 3. The highest BCUT2D eigenvalue weighted by Gasteiger charge is 2.46. The maximum absolute atomic E-state index is 13.2. The topological polar surface area (TPSA) is 46.9 Å². The van der Waals surface area contributed by atoms with E-state index in [4.69, 9.17) is 0 Å². The number of halogens is 1. The lowest BCUT2D eigenvalue weighted by Crippen LogP contribution is -2.53. The van der Waals surface area contributed by atoms with Gasteiger partial charge in [-0.25, -0.2) is 9.37 Å². The Morgan fingerprint density at radius 2 is 2.09 bits per heavy atom. The Balaban J connectivity index is 1.50. The van der Waals surface area contributed by atoms with Crippen molar-refractivity contribution in [3.05, 3.63) is 53.9 Å². The number of nitrogens with one attached hydrogen (secondary N) is 1. The van der Waals surface area contributed by atoms with Crippen molar-refractivity contribution in [2.24, 2.45) is 0 Å². The second kappa shape index (κ2) is 5.48. The van der Waals surface area contributed by atoms with Crippen molar-refractivity contribution in [2.45, 2.75) is 50.1 Å². The number of fused-ring (bicyclic) bond motifs is 1. The molecule has 1 aromatic heterocycles. The molecule has 2 aromatic rings. The fourth-order valence-electron chi connectivity index (χ4n) is 3.75. The number of nitrogens with zero attached hydrogens (tertiary/aromatic N) is 2. The third kappa shape index (κ3) is 2.44. The van der Waals surface area contributed by atoms with E-state index in [0.717, 1.165) is 50.0 Å². The number of hydrogen-bond acceptors (Lipinski definition) is 2. The molecule has 1 atom stereocenters. The van der Waals surface area contributed by atoms with Crippen LogP contribution in [0.3, 0.4) is 0 Å². The summed E-state index contributed by atoms with van der Waals surface area (Å²) in [5, 5.41) is 3.22. The minimum absolute atomic E-state index is 0.0870. The summed E-state index contributed by atoms with van der Waals surface area (Å²) in [5.74, 6) is 0.917. The van der Waals surface area contributed by atoms with Crippen LogP contribution in [0.4, 0.5) is 4.39 Å². The maximum atomic E-state index is 13.2. The van der Waals surface area contributed by atoms with Gasteiger partial charge in [0, 0.05) is 31.4 Å². The summed E-state index contributed by atoms with van der Waals surface area (Å²) in [7, 11) is 0. The van der Waals surface area contributed by atoms with Gasteiger partial charge in [-0.15, -0.1) is 0 Å². The van der Waals surface area contributed by atoms with Crippen LogP contribution in [0, 0.1) is 5.82 Å². The van der Waals surface area contributed by atoms with Crippen LogP contribution in [-0.4, -0.2) is 21.5 Å². The van der Waals surface area contributed by atoms with E-state index in [9.17, 15) is 9.18 Å². The van der Waals surface area contributed by atoms with E-state index in [1.54, 1.807) is 12.1 Å². The summed E-state index contributed by atoms with van der Waals surface area (Å²) in [5.41, 5.74) is 0.463. The smallest absolute Gasteiger partial charge is 0.230 e. The zero-order valence-corrected chi connectivity index (χ0v) is 13.0. The van der Waals surface area contributed by atoms with Crippen molar-refractivity contribution in [1.29, 1.82) is 0 Å². The Labute approximate surface area is 134 Å². The number of hydrogen-bond donors (Lipinski definition) is 1. The van der Waals surface area contributed by atoms with Crippen LogP contribution in [0.1, 0.15) is 37.1 Å². The van der Waals surface area contributed by atoms with Crippen molar-refractivity contribution >= 4 is 5.91 Å². The molecule has 2 aliphatic rings. The van der Waals surface area contributed by atoms with E-state index in [1.807, 2.05) is 12.4 Å². The standard InChI is InChI=1S/C18H20FN3O/c19-14-4-2-13(3-5-14)18(8-1-9-18)17(23)21-15-6-7-16-20-10-11-22(16)12-15/h2-5,10-11,15H,1,6-9,12H2,(H,21,23)/t15-/m0/s1. The second-order valence-electron chi connectivity index (χ2n) is 6.65. The molecule has 0 bridgehead atoms. The zero-order valence-electron chi connectivity index (χ0n) is 13.0. The maximum Gasteiger partial charge on any atom is 0.230 e. The normalized spacial score (nSPS) is 22.0. The van der Waals surface area contributed by atoms with E-state index in [1.165, 1.54) is 12.1 Å². The lowest BCUT2D eigenvalue weighted by atomic mass is 9.63. The molecule has 5 heteroatoms. The van der Waals surface area contributed by atoms with E-state index in [0.29, 0.717) is 0 Å². The van der Waals surface area contributed by atoms with E-state index < -0.39 is 5.41 Å². The van der Waals surface area contributed by atoms with Gasteiger partial charge in [-0.3, -0.25) is 4.79 Å². The van der Waals surface area contributed by atoms with Gasteiger partial charge in [0.05, 0.1) is 5.41 Å². The molecule has 0 unspecified atom stereocenters. The lowest BCUT2D eigenvalue weighted by molar-refractivity contribution is -0.130.